The smallest absolute Gasteiger partial charge is 0.142 e. The van der Waals surface area contributed by atoms with Crippen molar-refractivity contribution in [2.45, 2.75) is 19.8 Å². The summed E-state index contributed by atoms with van der Waals surface area (Å²) < 4.78 is 0. The molecule has 0 aliphatic heterocycles. The van der Waals surface area contributed by atoms with Gasteiger partial charge in [0.05, 0.1) is 17.3 Å². The molecule has 0 bridgehead atoms. The molecule has 0 atom stereocenters. The summed E-state index contributed by atoms with van der Waals surface area (Å²) in [6.07, 6.45) is 5.29. The van der Waals surface area contributed by atoms with E-state index in [4.69, 9.17) is 9.97 Å². The maximum atomic E-state index is 4.80. The number of thiophene rings is 1. The largest absolute Gasteiger partial charge is 0.338 e. The Bertz CT molecular complexity index is 981. The first-order chi connectivity index (χ1) is 12.3. The van der Waals surface area contributed by atoms with Crippen molar-refractivity contribution >= 4 is 33.1 Å². The Morgan fingerprint density at radius 2 is 1.92 bits per heavy atom. The van der Waals surface area contributed by atoms with E-state index in [2.05, 4.69) is 35.4 Å². The van der Waals surface area contributed by atoms with Gasteiger partial charge in [0.25, 0.3) is 0 Å². The molecule has 25 heavy (non-hydrogen) atoms. The second-order valence-corrected chi connectivity index (χ2v) is 6.92. The standard InChI is InChI=1S/C20H18N4S/c1-2-16-12-17-19(22-15-9-6-10-21-13-15)23-18(24-20(17)25-16)11-14-7-4-3-5-8-14/h3-10,12-13H,2,11H2,1H3,(H,22,23,24). The first-order valence-corrected chi connectivity index (χ1v) is 9.14. The quantitative estimate of drug-likeness (QED) is 0.553. The number of fused-ring (bicyclic) bond motifs is 1. The Morgan fingerprint density at radius 3 is 2.68 bits per heavy atom. The van der Waals surface area contributed by atoms with E-state index in [1.165, 1.54) is 10.4 Å². The van der Waals surface area contributed by atoms with Crippen LogP contribution in [-0.4, -0.2) is 15.0 Å². The molecule has 0 amide bonds. The number of nitrogens with one attached hydrogen (secondary N) is 1. The first-order valence-electron chi connectivity index (χ1n) is 8.32. The molecular formula is C20H18N4S. The molecular weight excluding hydrogens is 328 g/mol. The predicted molar refractivity (Wildman–Crippen MR) is 104 cm³/mol. The molecule has 4 aromatic rings. The molecule has 0 radical (unpaired) electrons. The fraction of sp³-hybridized carbons (Fsp3) is 0.150. The zero-order valence-electron chi connectivity index (χ0n) is 13.9. The number of nitrogens with zero attached hydrogens (tertiary/aromatic N) is 3. The lowest BCUT2D eigenvalue weighted by molar-refractivity contribution is 0.999. The fourth-order valence-electron chi connectivity index (χ4n) is 2.72. The maximum absolute atomic E-state index is 4.80. The number of pyridine rings is 1. The molecule has 5 heteroatoms. The van der Waals surface area contributed by atoms with Crippen LogP contribution in [0.4, 0.5) is 11.5 Å². The Hall–Kier alpha value is -2.79. The highest BCUT2D eigenvalue weighted by molar-refractivity contribution is 7.18. The zero-order valence-corrected chi connectivity index (χ0v) is 14.8. The summed E-state index contributed by atoms with van der Waals surface area (Å²) in [4.78, 5) is 16.1. The fourth-order valence-corrected chi connectivity index (χ4v) is 3.70. The van der Waals surface area contributed by atoms with Crippen LogP contribution >= 0.6 is 11.3 Å². The summed E-state index contributed by atoms with van der Waals surface area (Å²) in [6, 6.07) is 16.4. The molecule has 0 fully saturated rings. The highest BCUT2D eigenvalue weighted by atomic mass is 32.1. The molecule has 0 aliphatic rings. The molecule has 0 spiro atoms. The molecule has 1 aromatic carbocycles. The molecule has 0 saturated heterocycles. The minimum absolute atomic E-state index is 0.720. The second-order valence-electron chi connectivity index (χ2n) is 5.80. The lowest BCUT2D eigenvalue weighted by atomic mass is 10.1. The summed E-state index contributed by atoms with van der Waals surface area (Å²) in [5.41, 5.74) is 2.14. The van der Waals surface area contributed by atoms with Gasteiger partial charge < -0.3 is 5.32 Å². The van der Waals surface area contributed by atoms with E-state index in [0.717, 1.165) is 40.4 Å². The number of rotatable bonds is 5. The van der Waals surface area contributed by atoms with Crippen LogP contribution in [0, 0.1) is 0 Å². The molecule has 0 aliphatic carbocycles. The van der Waals surface area contributed by atoms with Crippen molar-refractivity contribution in [2.24, 2.45) is 0 Å². The summed E-state index contributed by atoms with van der Waals surface area (Å²) in [7, 11) is 0. The van der Waals surface area contributed by atoms with Crippen molar-refractivity contribution < 1.29 is 0 Å². The third kappa shape index (κ3) is 3.51. The molecule has 1 N–H and O–H groups in total. The average Bonchev–Trinajstić information content (AvgIpc) is 3.07. The first kappa shape index (κ1) is 15.7. The molecule has 4 rings (SSSR count). The average molecular weight is 346 g/mol. The normalized spacial score (nSPS) is 10.9. The van der Waals surface area contributed by atoms with E-state index in [-0.39, 0.29) is 0 Å². The molecule has 3 aromatic heterocycles. The van der Waals surface area contributed by atoms with Crippen LogP contribution in [0.2, 0.25) is 0 Å². The lowest BCUT2D eigenvalue weighted by Crippen LogP contribution is -2.01. The monoisotopic (exact) mass is 346 g/mol. The van der Waals surface area contributed by atoms with Crippen LogP contribution in [0.3, 0.4) is 0 Å². The number of hydrogen-bond acceptors (Lipinski definition) is 5. The number of aryl methyl sites for hydroxylation is 1. The zero-order chi connectivity index (χ0) is 17.1. The highest BCUT2D eigenvalue weighted by Crippen LogP contribution is 2.31. The van der Waals surface area contributed by atoms with E-state index in [1.807, 2.05) is 30.3 Å². The van der Waals surface area contributed by atoms with E-state index in [1.54, 1.807) is 23.7 Å². The van der Waals surface area contributed by atoms with Gasteiger partial charge in [-0.25, -0.2) is 9.97 Å². The van der Waals surface area contributed by atoms with Crippen molar-refractivity contribution in [3.8, 4) is 0 Å². The van der Waals surface area contributed by atoms with Gasteiger partial charge in [0.1, 0.15) is 16.5 Å². The Morgan fingerprint density at radius 1 is 1.04 bits per heavy atom. The summed E-state index contributed by atoms with van der Waals surface area (Å²) in [5.74, 6) is 1.68. The minimum Gasteiger partial charge on any atom is -0.338 e. The molecule has 3 heterocycles. The molecule has 124 valence electrons. The van der Waals surface area contributed by atoms with Gasteiger partial charge in [0, 0.05) is 17.5 Å². The van der Waals surface area contributed by atoms with Gasteiger partial charge in [0.15, 0.2) is 0 Å². The van der Waals surface area contributed by atoms with Crippen molar-refractivity contribution in [3.63, 3.8) is 0 Å². The third-order valence-electron chi connectivity index (χ3n) is 3.97. The van der Waals surface area contributed by atoms with Crippen molar-refractivity contribution in [3.05, 3.63) is 77.2 Å². The van der Waals surface area contributed by atoms with Crippen LogP contribution < -0.4 is 5.32 Å². The highest BCUT2D eigenvalue weighted by Gasteiger charge is 2.12. The summed E-state index contributed by atoms with van der Waals surface area (Å²) in [5, 5.41) is 4.48. The van der Waals surface area contributed by atoms with E-state index >= 15 is 0 Å². The minimum atomic E-state index is 0.720. The summed E-state index contributed by atoms with van der Waals surface area (Å²) >= 11 is 1.74. The third-order valence-corrected chi connectivity index (χ3v) is 5.14. The predicted octanol–water partition coefficient (Wildman–Crippen LogP) is 4.98. The van der Waals surface area contributed by atoms with Crippen LogP contribution in [-0.2, 0) is 12.8 Å². The Balaban J connectivity index is 1.76. The summed E-state index contributed by atoms with van der Waals surface area (Å²) in [6.45, 7) is 2.16. The lowest BCUT2D eigenvalue weighted by Gasteiger charge is -2.08. The van der Waals surface area contributed by atoms with Gasteiger partial charge in [-0.05, 0) is 30.2 Å². The number of aromatic nitrogens is 3. The van der Waals surface area contributed by atoms with Gasteiger partial charge in [-0.1, -0.05) is 37.3 Å². The number of benzene rings is 1. The van der Waals surface area contributed by atoms with Gasteiger partial charge in [0.2, 0.25) is 0 Å². The van der Waals surface area contributed by atoms with Crippen LogP contribution in [0.15, 0.2) is 60.9 Å². The van der Waals surface area contributed by atoms with Crippen LogP contribution in [0.25, 0.3) is 10.2 Å². The molecule has 0 saturated carbocycles. The van der Waals surface area contributed by atoms with Gasteiger partial charge in [-0.3, -0.25) is 4.98 Å². The van der Waals surface area contributed by atoms with Crippen LogP contribution in [0.5, 0.6) is 0 Å². The van der Waals surface area contributed by atoms with Gasteiger partial charge >= 0.3 is 0 Å². The molecule has 4 nitrogen and oxygen atoms in total. The number of hydrogen-bond donors (Lipinski definition) is 1. The number of anilines is 2. The van der Waals surface area contributed by atoms with E-state index in [0.29, 0.717) is 0 Å². The SMILES string of the molecule is CCc1cc2c(Nc3cccnc3)nc(Cc3ccccc3)nc2s1. The second kappa shape index (κ2) is 6.99. The topological polar surface area (TPSA) is 50.7 Å². The van der Waals surface area contributed by atoms with Crippen molar-refractivity contribution in [2.75, 3.05) is 5.32 Å². The van der Waals surface area contributed by atoms with Gasteiger partial charge in [-0.15, -0.1) is 11.3 Å². The van der Waals surface area contributed by atoms with E-state index < -0.39 is 0 Å². The molecule has 0 unspecified atom stereocenters. The Labute approximate surface area is 150 Å². The van der Waals surface area contributed by atoms with Crippen molar-refractivity contribution in [1.29, 1.82) is 0 Å². The maximum Gasteiger partial charge on any atom is 0.142 e. The van der Waals surface area contributed by atoms with Crippen LogP contribution in [0.1, 0.15) is 23.2 Å². The van der Waals surface area contributed by atoms with E-state index in [9.17, 15) is 0 Å². The Kier molecular flexibility index (Phi) is 4.39. The van der Waals surface area contributed by atoms with Crippen molar-refractivity contribution in [1.82, 2.24) is 15.0 Å². The van der Waals surface area contributed by atoms with Gasteiger partial charge in [-0.2, -0.15) is 0 Å².